The van der Waals surface area contributed by atoms with Gasteiger partial charge in [0.2, 0.25) is 0 Å². The van der Waals surface area contributed by atoms with Crippen LogP contribution in [0.5, 0.6) is 0 Å². The molecule has 2 aromatic heterocycles. The fourth-order valence-corrected chi connectivity index (χ4v) is 5.13. The molecule has 0 N–H and O–H groups in total. The van der Waals surface area contributed by atoms with E-state index in [1.807, 2.05) is 52.7 Å². The van der Waals surface area contributed by atoms with Crippen molar-refractivity contribution in [2.45, 2.75) is 0 Å². The molecule has 11 heteroatoms. The van der Waals surface area contributed by atoms with Gasteiger partial charge in [-0.25, -0.2) is 9.59 Å². The van der Waals surface area contributed by atoms with Crippen molar-refractivity contribution in [3.8, 4) is 22.3 Å². The second-order valence-electron chi connectivity index (χ2n) is 10.6. The van der Waals surface area contributed by atoms with Gasteiger partial charge in [-0.15, -0.1) is 0 Å². The Morgan fingerprint density at radius 1 is 0.533 bits per heavy atom. The van der Waals surface area contributed by atoms with E-state index in [1.165, 1.54) is 22.3 Å². The fraction of sp³-hybridized carbons (Fsp3) is 0.235. The number of fused-ring (bicyclic) bond motifs is 3. The summed E-state index contributed by atoms with van der Waals surface area (Å²) in [5, 5.41) is 2.26. The minimum Gasteiger partial charge on any atom is -0.254 e. The molecule has 0 aliphatic carbocycles. The van der Waals surface area contributed by atoms with Crippen LogP contribution in [0.1, 0.15) is 0 Å². The smallest absolute Gasteiger partial charge is 0.0970 e. The Kier molecular flexibility index (Phi) is 12.4. The molecule has 5 aromatic rings. The van der Waals surface area contributed by atoms with Crippen molar-refractivity contribution < 1.29 is 22.2 Å². The molecule has 2 fully saturated rings. The quantitative estimate of drug-likeness (QED) is 0.143. The Labute approximate surface area is 278 Å². The van der Waals surface area contributed by atoms with Gasteiger partial charge in [-0.3, -0.25) is 9.97 Å². The van der Waals surface area contributed by atoms with Crippen LogP contribution in [0.25, 0.3) is 44.1 Å². The van der Waals surface area contributed by atoms with Crippen LogP contribution in [0.3, 0.4) is 0 Å². The van der Waals surface area contributed by atoms with E-state index in [0.29, 0.717) is 12.7 Å². The zero-order valence-corrected chi connectivity index (χ0v) is 28.1. The fourth-order valence-electron chi connectivity index (χ4n) is 5.13. The minimum atomic E-state index is 0.130. The molecule has 0 atom stereocenters. The Balaban J connectivity index is 0.000000198. The van der Waals surface area contributed by atoms with Crippen LogP contribution in [0.15, 0.2) is 97.3 Å². The number of nitrogens with zero attached hydrogens (tertiary/aromatic N) is 6. The molecule has 2 aliphatic rings. The third kappa shape index (κ3) is 8.43. The molecule has 0 unspecified atom stereocenters. The van der Waals surface area contributed by atoms with Crippen LogP contribution < -0.4 is 0 Å². The van der Waals surface area contributed by atoms with E-state index in [1.54, 1.807) is 19.6 Å². The van der Waals surface area contributed by atoms with Gasteiger partial charge in [-0.2, -0.15) is 0 Å². The molecule has 7 rings (SSSR count). The van der Waals surface area contributed by atoms with Crippen LogP contribution in [0.2, 0.25) is 0 Å². The van der Waals surface area contributed by atoms with E-state index < -0.39 is 0 Å². The number of hydrogen-bond acceptors (Lipinski definition) is 4. The monoisotopic (exact) mass is 688 g/mol. The number of carbonyl (C=O) groups is 2. The third-order valence-electron chi connectivity index (χ3n) is 7.64. The molecule has 4 heterocycles. The number of aromatic nitrogens is 2. The Hall–Kier alpha value is -3.91. The number of rotatable bonds is 2. The second kappa shape index (κ2) is 16.4. The average Bonchev–Trinajstić information content (AvgIpc) is 3.54. The summed E-state index contributed by atoms with van der Waals surface area (Å²) in [5.74, 6) is 0. The van der Waals surface area contributed by atoms with Crippen LogP contribution in [-0.2, 0) is 12.7 Å². The van der Waals surface area contributed by atoms with Crippen LogP contribution in [0, 0.1) is 0 Å². The number of carbonyl (C=O) groups excluding carboxylic acids is 2. The van der Waals surface area contributed by atoms with E-state index in [4.69, 9.17) is 20.4 Å². The molecule has 0 spiro atoms. The van der Waals surface area contributed by atoms with Crippen LogP contribution in [-0.4, -0.2) is 96.0 Å². The van der Waals surface area contributed by atoms with Gasteiger partial charge in [-0.1, -0.05) is 72.8 Å². The molecular weight excluding hydrogens is 654 g/mol. The normalized spacial score (nSPS) is 14.2. The van der Waals surface area contributed by atoms with Gasteiger partial charge in [0, 0.05) is 77.5 Å². The van der Waals surface area contributed by atoms with E-state index in [9.17, 15) is 9.59 Å². The molecule has 3 aromatic carbocycles. The topological polar surface area (TPSA) is 72.9 Å². The first kappa shape index (κ1) is 34.0. The van der Waals surface area contributed by atoms with E-state index >= 15 is 0 Å². The first-order chi connectivity index (χ1) is 21.8. The summed E-state index contributed by atoms with van der Waals surface area (Å²) >= 11 is 0.569. The van der Waals surface area contributed by atoms with E-state index in [2.05, 4.69) is 82.8 Å². The Morgan fingerprint density at radius 3 is 1.11 bits per heavy atom. The largest absolute Gasteiger partial charge is 0.254 e. The molecule has 0 radical (unpaired) electrons. The Bertz CT molecular complexity index is 1580. The summed E-state index contributed by atoms with van der Waals surface area (Å²) in [7, 11) is 16.6. The molecule has 2 aliphatic heterocycles. The van der Waals surface area contributed by atoms with Crippen LogP contribution >= 0.6 is 20.4 Å². The first-order valence-corrected chi connectivity index (χ1v) is 17.0. The van der Waals surface area contributed by atoms with Crippen molar-refractivity contribution in [2.75, 3.05) is 54.4 Å². The number of pyridine rings is 2. The standard InChI is InChI=1S/C24H16N2.2C5H10N2O.2ClH.Ni/c1-3-7-17(8-4-1)19-13-15-25-23-21(19)11-12-22-20(14-16-26-24(22)23)18-9-5-2-6-10-18;2*1-6-3-4-7(2)5(6)8;;;/h1-16H;2*3-4H2,1-2H3;2*1H;/q;;;;;+2/p-2. The summed E-state index contributed by atoms with van der Waals surface area (Å²) < 4.78 is 0. The summed E-state index contributed by atoms with van der Waals surface area (Å²) in [6.45, 7) is 3.48. The average molecular weight is 690 g/mol. The zero-order chi connectivity index (χ0) is 32.3. The molecule has 45 heavy (non-hydrogen) atoms. The molecule has 8 nitrogen and oxygen atoms in total. The summed E-state index contributed by atoms with van der Waals surface area (Å²) in [6, 6.07) is 29.6. The molecule has 238 valence electrons. The Morgan fingerprint density at radius 2 is 0.844 bits per heavy atom. The van der Waals surface area contributed by atoms with Crippen molar-refractivity contribution in [3.63, 3.8) is 0 Å². The predicted octanol–water partition coefficient (Wildman–Crippen LogP) is 7.46. The van der Waals surface area contributed by atoms with Gasteiger partial charge < -0.3 is 19.6 Å². The molecular formula is C34H36Cl2N6NiO2. The number of likely N-dealkylation sites (N-methyl/N-ethyl adjacent to an activating group) is 4. The minimum absolute atomic E-state index is 0.130. The molecule has 0 saturated carbocycles. The van der Waals surface area contributed by atoms with Crippen molar-refractivity contribution >= 4 is 54.3 Å². The van der Waals surface area contributed by atoms with Crippen molar-refractivity contribution in [1.29, 1.82) is 0 Å². The van der Waals surface area contributed by atoms with Gasteiger partial charge in [0.05, 0.1) is 11.0 Å². The summed E-state index contributed by atoms with van der Waals surface area (Å²) in [4.78, 5) is 37.7. The zero-order valence-electron chi connectivity index (χ0n) is 25.6. The van der Waals surface area contributed by atoms with Crippen molar-refractivity contribution in [1.82, 2.24) is 29.6 Å². The number of urea groups is 2. The van der Waals surface area contributed by atoms with Crippen LogP contribution in [0.4, 0.5) is 9.59 Å². The van der Waals surface area contributed by atoms with E-state index in [0.717, 1.165) is 48.0 Å². The predicted molar refractivity (Wildman–Crippen MR) is 181 cm³/mol. The molecule has 4 amide bonds. The van der Waals surface area contributed by atoms with E-state index in [-0.39, 0.29) is 12.1 Å². The SMILES string of the molecule is CN1CCN(C)C1=O.CN1CCN(C)C1=O.[Cl][Ni][Cl].c1ccc(-c2ccnc3c2ccc2c(-c4ccccc4)ccnc23)cc1. The van der Waals surface area contributed by atoms with Crippen molar-refractivity contribution in [2.24, 2.45) is 0 Å². The first-order valence-electron chi connectivity index (χ1n) is 14.3. The van der Waals surface area contributed by atoms with Gasteiger partial charge in [0.15, 0.2) is 0 Å². The van der Waals surface area contributed by atoms with Gasteiger partial charge >= 0.3 is 45.1 Å². The summed E-state index contributed by atoms with van der Waals surface area (Å²) in [5.41, 5.74) is 6.65. The second-order valence-corrected chi connectivity index (χ2v) is 12.2. The number of hydrogen-bond donors (Lipinski definition) is 0. The third-order valence-corrected chi connectivity index (χ3v) is 7.64. The number of amides is 4. The summed E-state index contributed by atoms with van der Waals surface area (Å²) in [6.07, 6.45) is 3.75. The van der Waals surface area contributed by atoms with Crippen molar-refractivity contribution in [3.05, 3.63) is 97.3 Å². The number of halogens is 2. The number of benzene rings is 3. The van der Waals surface area contributed by atoms with Gasteiger partial charge in [0.1, 0.15) is 0 Å². The molecule has 2 saturated heterocycles. The van der Waals surface area contributed by atoms with Gasteiger partial charge in [-0.05, 0) is 34.4 Å². The molecule has 0 bridgehead atoms. The maximum atomic E-state index is 10.8. The van der Waals surface area contributed by atoms with Gasteiger partial charge in [0.25, 0.3) is 0 Å². The maximum absolute atomic E-state index is 10.8. The maximum Gasteiger partial charge on any atom is 0.0970 e.